The minimum absolute atomic E-state index is 0.00798. The highest BCUT2D eigenvalue weighted by Gasteiger charge is 2.28. The summed E-state index contributed by atoms with van der Waals surface area (Å²) in [5, 5.41) is 2.01. The van der Waals surface area contributed by atoms with Gasteiger partial charge in [-0.3, -0.25) is 4.79 Å². The SMILES string of the molecule is O=C(Cc1cccs1)N1CCC(Oc2cc(N3CCCC3)ncn2)C1. The number of thiophene rings is 1. The summed E-state index contributed by atoms with van der Waals surface area (Å²) in [6, 6.07) is 5.91. The molecular formula is C18H22N4O2S. The van der Waals surface area contributed by atoms with E-state index in [1.807, 2.05) is 28.5 Å². The van der Waals surface area contributed by atoms with Crippen LogP contribution in [-0.2, 0) is 11.2 Å². The number of carbonyl (C=O) groups excluding carboxylic acids is 1. The summed E-state index contributed by atoms with van der Waals surface area (Å²) in [4.78, 5) is 26.3. The third-order valence-electron chi connectivity index (χ3n) is 4.75. The Kier molecular flexibility index (Phi) is 4.83. The van der Waals surface area contributed by atoms with Crippen LogP contribution in [0.15, 0.2) is 29.9 Å². The van der Waals surface area contributed by atoms with Crippen molar-refractivity contribution in [1.29, 1.82) is 0 Å². The molecule has 6 nitrogen and oxygen atoms in total. The van der Waals surface area contributed by atoms with Crippen LogP contribution in [0.3, 0.4) is 0 Å². The van der Waals surface area contributed by atoms with Crippen molar-refractivity contribution in [3.8, 4) is 5.88 Å². The van der Waals surface area contributed by atoms with Gasteiger partial charge in [-0.2, -0.15) is 0 Å². The first-order valence-corrected chi connectivity index (χ1v) is 9.70. The highest BCUT2D eigenvalue weighted by Crippen LogP contribution is 2.23. The lowest BCUT2D eigenvalue weighted by Gasteiger charge is -2.18. The molecule has 0 aliphatic carbocycles. The van der Waals surface area contributed by atoms with Crippen molar-refractivity contribution < 1.29 is 9.53 Å². The Labute approximate surface area is 151 Å². The van der Waals surface area contributed by atoms with E-state index < -0.39 is 0 Å². The quantitative estimate of drug-likeness (QED) is 0.821. The molecule has 2 saturated heterocycles. The highest BCUT2D eigenvalue weighted by atomic mass is 32.1. The minimum Gasteiger partial charge on any atom is -0.472 e. The number of carbonyl (C=O) groups is 1. The first-order chi connectivity index (χ1) is 12.3. The maximum atomic E-state index is 12.4. The van der Waals surface area contributed by atoms with Crippen LogP contribution in [0.1, 0.15) is 24.1 Å². The lowest BCUT2D eigenvalue weighted by atomic mass is 10.3. The van der Waals surface area contributed by atoms with Gasteiger partial charge in [0.25, 0.3) is 0 Å². The van der Waals surface area contributed by atoms with Crippen LogP contribution >= 0.6 is 11.3 Å². The zero-order valence-corrected chi connectivity index (χ0v) is 15.0. The summed E-state index contributed by atoms with van der Waals surface area (Å²) < 4.78 is 6.02. The first-order valence-electron chi connectivity index (χ1n) is 8.82. The number of likely N-dealkylation sites (tertiary alicyclic amines) is 1. The van der Waals surface area contributed by atoms with Crippen molar-refractivity contribution in [2.75, 3.05) is 31.1 Å². The Hall–Kier alpha value is -2.15. The van der Waals surface area contributed by atoms with Gasteiger partial charge in [0.1, 0.15) is 18.2 Å². The van der Waals surface area contributed by atoms with Gasteiger partial charge in [-0.05, 0) is 24.3 Å². The molecule has 0 spiro atoms. The van der Waals surface area contributed by atoms with Gasteiger partial charge >= 0.3 is 0 Å². The fraction of sp³-hybridized carbons (Fsp3) is 0.500. The van der Waals surface area contributed by atoms with Gasteiger partial charge < -0.3 is 14.5 Å². The lowest BCUT2D eigenvalue weighted by molar-refractivity contribution is -0.129. The predicted molar refractivity (Wildman–Crippen MR) is 97.1 cm³/mol. The molecule has 2 aliphatic rings. The van der Waals surface area contributed by atoms with E-state index in [9.17, 15) is 4.79 Å². The van der Waals surface area contributed by atoms with Crippen molar-refractivity contribution >= 4 is 23.1 Å². The molecule has 4 heterocycles. The number of amides is 1. The average Bonchev–Trinajstić information content (AvgIpc) is 3.38. The first kappa shape index (κ1) is 16.3. The predicted octanol–water partition coefficient (Wildman–Crippen LogP) is 2.36. The van der Waals surface area contributed by atoms with E-state index in [-0.39, 0.29) is 12.0 Å². The zero-order chi connectivity index (χ0) is 17.1. The number of rotatable bonds is 5. The van der Waals surface area contributed by atoms with Crippen LogP contribution in [-0.4, -0.2) is 53.1 Å². The number of nitrogens with zero attached hydrogens (tertiary/aromatic N) is 4. The Morgan fingerprint density at radius 2 is 2.16 bits per heavy atom. The van der Waals surface area contributed by atoms with E-state index in [2.05, 4.69) is 14.9 Å². The Balaban J connectivity index is 1.33. The lowest BCUT2D eigenvalue weighted by Crippen LogP contribution is -2.32. The molecule has 1 atom stereocenters. The third-order valence-corrected chi connectivity index (χ3v) is 5.62. The van der Waals surface area contributed by atoms with Gasteiger partial charge in [-0.1, -0.05) is 6.07 Å². The summed E-state index contributed by atoms with van der Waals surface area (Å²) in [6.07, 6.45) is 5.33. The number of hydrogen-bond acceptors (Lipinski definition) is 6. The van der Waals surface area contributed by atoms with E-state index in [4.69, 9.17) is 4.74 Å². The van der Waals surface area contributed by atoms with E-state index >= 15 is 0 Å². The topological polar surface area (TPSA) is 58.6 Å². The molecule has 2 aromatic rings. The number of ether oxygens (including phenoxy) is 1. The molecule has 0 N–H and O–H groups in total. The van der Waals surface area contributed by atoms with Crippen LogP contribution in [0, 0.1) is 0 Å². The second kappa shape index (κ2) is 7.39. The molecule has 4 rings (SSSR count). The van der Waals surface area contributed by atoms with E-state index in [1.54, 1.807) is 17.7 Å². The summed E-state index contributed by atoms with van der Waals surface area (Å²) in [5.41, 5.74) is 0. The molecule has 2 fully saturated rings. The fourth-order valence-electron chi connectivity index (χ4n) is 3.41. The molecule has 1 unspecified atom stereocenters. The summed E-state index contributed by atoms with van der Waals surface area (Å²) in [5.74, 6) is 1.72. The number of hydrogen-bond donors (Lipinski definition) is 0. The average molecular weight is 358 g/mol. The normalized spacial score (nSPS) is 20.2. The largest absolute Gasteiger partial charge is 0.472 e. The Bertz CT molecular complexity index is 716. The molecule has 25 heavy (non-hydrogen) atoms. The Morgan fingerprint density at radius 1 is 1.28 bits per heavy atom. The molecule has 0 radical (unpaired) electrons. The molecule has 0 aromatic carbocycles. The van der Waals surface area contributed by atoms with E-state index in [0.29, 0.717) is 18.8 Å². The van der Waals surface area contributed by atoms with Crippen LogP contribution in [0.5, 0.6) is 5.88 Å². The fourth-order valence-corrected chi connectivity index (χ4v) is 4.11. The van der Waals surface area contributed by atoms with Crippen molar-refractivity contribution in [3.05, 3.63) is 34.8 Å². The minimum atomic E-state index is 0.00798. The van der Waals surface area contributed by atoms with Gasteiger partial charge in [0.15, 0.2) is 0 Å². The van der Waals surface area contributed by atoms with Crippen LogP contribution in [0.25, 0.3) is 0 Å². The van der Waals surface area contributed by atoms with Crippen molar-refractivity contribution in [2.45, 2.75) is 31.8 Å². The molecule has 1 amide bonds. The van der Waals surface area contributed by atoms with E-state index in [1.165, 1.54) is 12.8 Å². The maximum absolute atomic E-state index is 12.4. The molecule has 2 aliphatic heterocycles. The van der Waals surface area contributed by atoms with E-state index in [0.717, 1.165) is 36.8 Å². The monoisotopic (exact) mass is 358 g/mol. The molecule has 0 saturated carbocycles. The maximum Gasteiger partial charge on any atom is 0.227 e. The highest BCUT2D eigenvalue weighted by molar-refractivity contribution is 7.10. The van der Waals surface area contributed by atoms with Gasteiger partial charge in [0.2, 0.25) is 11.8 Å². The van der Waals surface area contributed by atoms with Crippen LogP contribution in [0.2, 0.25) is 0 Å². The molecule has 2 aromatic heterocycles. The zero-order valence-electron chi connectivity index (χ0n) is 14.1. The second-order valence-corrected chi connectivity index (χ2v) is 7.57. The van der Waals surface area contributed by atoms with Crippen molar-refractivity contribution in [3.63, 3.8) is 0 Å². The number of anilines is 1. The van der Waals surface area contributed by atoms with Gasteiger partial charge in [-0.15, -0.1) is 11.3 Å². The smallest absolute Gasteiger partial charge is 0.227 e. The molecule has 132 valence electrons. The molecule has 0 bridgehead atoms. The standard InChI is InChI=1S/C18H22N4O2S/c23-18(10-15-4-3-9-25-15)22-8-5-14(12-22)24-17-11-16(19-13-20-17)21-6-1-2-7-21/h3-4,9,11,13-14H,1-2,5-8,10,12H2. The summed E-state index contributed by atoms with van der Waals surface area (Å²) in [6.45, 7) is 3.47. The summed E-state index contributed by atoms with van der Waals surface area (Å²) in [7, 11) is 0. The second-order valence-electron chi connectivity index (χ2n) is 6.53. The van der Waals surface area contributed by atoms with Gasteiger partial charge in [0, 0.05) is 37.0 Å². The molecule has 7 heteroatoms. The Morgan fingerprint density at radius 3 is 2.96 bits per heavy atom. The van der Waals surface area contributed by atoms with Crippen LogP contribution < -0.4 is 9.64 Å². The van der Waals surface area contributed by atoms with Gasteiger partial charge in [0.05, 0.1) is 13.0 Å². The third kappa shape index (κ3) is 3.92. The van der Waals surface area contributed by atoms with Gasteiger partial charge in [-0.25, -0.2) is 9.97 Å². The molecular weight excluding hydrogens is 336 g/mol. The number of aromatic nitrogens is 2. The van der Waals surface area contributed by atoms with Crippen LogP contribution in [0.4, 0.5) is 5.82 Å². The van der Waals surface area contributed by atoms with Crippen molar-refractivity contribution in [1.82, 2.24) is 14.9 Å². The van der Waals surface area contributed by atoms with Crippen molar-refractivity contribution in [2.24, 2.45) is 0 Å². The summed E-state index contributed by atoms with van der Waals surface area (Å²) >= 11 is 1.63.